The fourth-order valence-electron chi connectivity index (χ4n) is 2.23. The summed E-state index contributed by atoms with van der Waals surface area (Å²) in [6, 6.07) is 15.3. The third-order valence-corrected chi connectivity index (χ3v) is 4.08. The van der Waals surface area contributed by atoms with Gasteiger partial charge in [-0.15, -0.1) is 0 Å². The summed E-state index contributed by atoms with van der Waals surface area (Å²) in [4.78, 5) is 23.2. The van der Waals surface area contributed by atoms with Crippen molar-refractivity contribution >= 4 is 11.9 Å². The molecule has 0 fully saturated rings. The zero-order valence-corrected chi connectivity index (χ0v) is 14.4. The Hall–Kier alpha value is -2.86. The van der Waals surface area contributed by atoms with Gasteiger partial charge in [-0.05, 0) is 35.7 Å². The minimum absolute atomic E-state index is 0.216. The number of carboxylic acids is 1. The first-order chi connectivity index (χ1) is 11.9. The molecule has 132 valence electrons. The maximum absolute atomic E-state index is 12.0. The Bertz CT molecular complexity index is 739. The van der Waals surface area contributed by atoms with Crippen molar-refractivity contribution in [3.8, 4) is 16.9 Å². The van der Waals surface area contributed by atoms with E-state index in [4.69, 9.17) is 14.6 Å². The summed E-state index contributed by atoms with van der Waals surface area (Å²) >= 11 is 0. The molecule has 1 unspecified atom stereocenters. The van der Waals surface area contributed by atoms with Crippen LogP contribution in [0.25, 0.3) is 11.1 Å². The first-order valence-electron chi connectivity index (χ1n) is 7.71. The number of rotatable bonds is 7. The van der Waals surface area contributed by atoms with E-state index in [1.807, 2.05) is 48.5 Å². The molecule has 0 spiro atoms. The number of carbonyl (C=O) groups excluding carboxylic acids is 1. The summed E-state index contributed by atoms with van der Waals surface area (Å²) in [6.45, 7) is 1.44. The Labute approximate surface area is 146 Å². The van der Waals surface area contributed by atoms with Gasteiger partial charge in [-0.2, -0.15) is 0 Å². The van der Waals surface area contributed by atoms with Gasteiger partial charge in [0.15, 0.2) is 0 Å². The van der Waals surface area contributed by atoms with Crippen LogP contribution in [-0.4, -0.2) is 36.8 Å². The van der Waals surface area contributed by atoms with Gasteiger partial charge in [-0.1, -0.05) is 36.4 Å². The highest BCUT2D eigenvalue weighted by Gasteiger charge is 2.41. The quantitative estimate of drug-likeness (QED) is 0.755. The van der Waals surface area contributed by atoms with Gasteiger partial charge in [0.05, 0.1) is 7.11 Å². The molecule has 2 rings (SSSR count). The van der Waals surface area contributed by atoms with Gasteiger partial charge in [0.2, 0.25) is 5.60 Å². The summed E-state index contributed by atoms with van der Waals surface area (Å²) in [6.07, 6.45) is 0. The molecule has 1 amide bonds. The Morgan fingerprint density at radius 2 is 1.52 bits per heavy atom. The Balaban J connectivity index is 2.03. The van der Waals surface area contributed by atoms with Gasteiger partial charge in [-0.3, -0.25) is 4.79 Å². The van der Waals surface area contributed by atoms with Crippen LogP contribution in [0.2, 0.25) is 0 Å². The number of benzene rings is 2. The monoisotopic (exact) mass is 343 g/mol. The smallest absolute Gasteiger partial charge is 0.345 e. The number of methoxy groups -OCH3 is 2. The second kappa shape index (κ2) is 7.81. The Morgan fingerprint density at radius 3 is 1.96 bits per heavy atom. The van der Waals surface area contributed by atoms with E-state index in [2.05, 4.69) is 5.32 Å². The number of nitrogens with one attached hydrogen (secondary N) is 1. The number of hydrogen-bond acceptors (Lipinski definition) is 4. The minimum atomic E-state index is -1.90. The van der Waals surface area contributed by atoms with E-state index in [0.717, 1.165) is 22.4 Å². The van der Waals surface area contributed by atoms with E-state index >= 15 is 0 Å². The normalized spacial score (nSPS) is 12.9. The second-order valence-corrected chi connectivity index (χ2v) is 5.65. The number of amides is 1. The largest absolute Gasteiger partial charge is 0.497 e. The first-order valence-corrected chi connectivity index (χ1v) is 7.71. The fraction of sp³-hybridized carbons (Fsp3) is 0.263. The van der Waals surface area contributed by atoms with Crippen LogP contribution in [0, 0.1) is 0 Å². The van der Waals surface area contributed by atoms with Gasteiger partial charge < -0.3 is 19.9 Å². The van der Waals surface area contributed by atoms with Crippen LogP contribution in [0.4, 0.5) is 0 Å². The summed E-state index contributed by atoms with van der Waals surface area (Å²) in [5, 5.41) is 11.7. The number of carbonyl (C=O) groups is 2. The number of ether oxygens (including phenoxy) is 2. The minimum Gasteiger partial charge on any atom is -0.497 e. The molecule has 6 nitrogen and oxygen atoms in total. The summed E-state index contributed by atoms with van der Waals surface area (Å²) < 4.78 is 9.96. The van der Waals surface area contributed by atoms with Crippen molar-refractivity contribution in [3.63, 3.8) is 0 Å². The fourth-order valence-corrected chi connectivity index (χ4v) is 2.23. The van der Waals surface area contributed by atoms with Crippen molar-refractivity contribution < 1.29 is 24.2 Å². The van der Waals surface area contributed by atoms with E-state index in [1.165, 1.54) is 14.0 Å². The highest BCUT2D eigenvalue weighted by molar-refractivity contribution is 6.04. The molecular formula is C19H21NO5. The lowest BCUT2D eigenvalue weighted by Crippen LogP contribution is -2.51. The topological polar surface area (TPSA) is 84.9 Å². The molecule has 0 radical (unpaired) electrons. The summed E-state index contributed by atoms with van der Waals surface area (Å²) in [7, 11) is 2.81. The lowest BCUT2D eigenvalue weighted by Gasteiger charge is -2.21. The van der Waals surface area contributed by atoms with Crippen molar-refractivity contribution in [2.75, 3.05) is 14.2 Å². The number of carboxylic acid groups (broad SMARTS) is 1. The van der Waals surface area contributed by atoms with Crippen LogP contribution in [-0.2, 0) is 20.9 Å². The molecule has 0 saturated carbocycles. The van der Waals surface area contributed by atoms with Gasteiger partial charge in [0.1, 0.15) is 5.75 Å². The number of hydrogen-bond donors (Lipinski definition) is 2. The summed E-state index contributed by atoms with van der Waals surface area (Å²) in [5.41, 5.74) is 1.04. The zero-order chi connectivity index (χ0) is 18.4. The molecule has 2 N–H and O–H groups in total. The van der Waals surface area contributed by atoms with Crippen molar-refractivity contribution in [1.82, 2.24) is 5.32 Å². The molecule has 2 aromatic carbocycles. The van der Waals surface area contributed by atoms with Crippen LogP contribution in [0.5, 0.6) is 5.75 Å². The molecular weight excluding hydrogens is 322 g/mol. The van der Waals surface area contributed by atoms with Crippen LogP contribution >= 0.6 is 0 Å². The maximum atomic E-state index is 12.0. The summed E-state index contributed by atoms with van der Waals surface area (Å²) in [5.74, 6) is -1.23. The van der Waals surface area contributed by atoms with Gasteiger partial charge >= 0.3 is 5.97 Å². The lowest BCUT2D eigenvalue weighted by molar-refractivity contribution is -0.167. The van der Waals surface area contributed by atoms with E-state index in [-0.39, 0.29) is 6.54 Å². The van der Waals surface area contributed by atoms with Gasteiger partial charge in [0.25, 0.3) is 5.91 Å². The van der Waals surface area contributed by atoms with Gasteiger partial charge in [0, 0.05) is 13.7 Å². The van der Waals surface area contributed by atoms with Crippen LogP contribution in [0.1, 0.15) is 12.5 Å². The van der Waals surface area contributed by atoms with E-state index < -0.39 is 17.5 Å². The molecule has 2 aromatic rings. The maximum Gasteiger partial charge on any atom is 0.345 e. The molecule has 0 saturated heterocycles. The Morgan fingerprint density at radius 1 is 1.00 bits per heavy atom. The van der Waals surface area contributed by atoms with Crippen LogP contribution in [0.15, 0.2) is 48.5 Å². The standard InChI is InChI=1S/C19H21NO5/c1-19(25-3,18(22)23)17(21)20-12-13-4-6-14(7-5-13)15-8-10-16(24-2)11-9-15/h4-11H,12H2,1-3H3,(H,20,21)(H,22,23). The predicted molar refractivity (Wildman–Crippen MR) is 93.3 cm³/mol. The molecule has 0 aliphatic carbocycles. The second-order valence-electron chi connectivity index (χ2n) is 5.65. The molecule has 0 bridgehead atoms. The highest BCUT2D eigenvalue weighted by atomic mass is 16.5. The molecule has 0 aromatic heterocycles. The predicted octanol–water partition coefficient (Wildman–Crippen LogP) is 2.47. The van der Waals surface area contributed by atoms with E-state index in [1.54, 1.807) is 7.11 Å². The first kappa shape index (κ1) is 18.5. The number of aliphatic carboxylic acids is 1. The molecule has 25 heavy (non-hydrogen) atoms. The molecule has 0 aliphatic rings. The van der Waals surface area contributed by atoms with E-state index in [0.29, 0.717) is 0 Å². The van der Waals surface area contributed by atoms with E-state index in [9.17, 15) is 9.59 Å². The highest BCUT2D eigenvalue weighted by Crippen LogP contribution is 2.22. The van der Waals surface area contributed by atoms with Crippen LogP contribution < -0.4 is 10.1 Å². The average Bonchev–Trinajstić information content (AvgIpc) is 2.65. The molecule has 0 aliphatic heterocycles. The van der Waals surface area contributed by atoms with Crippen molar-refractivity contribution in [1.29, 1.82) is 0 Å². The zero-order valence-electron chi connectivity index (χ0n) is 14.4. The lowest BCUT2D eigenvalue weighted by atomic mass is 10.0. The molecule has 1 atom stereocenters. The SMILES string of the molecule is COc1ccc(-c2ccc(CNC(=O)C(C)(OC)C(=O)O)cc2)cc1. The van der Waals surface area contributed by atoms with Crippen molar-refractivity contribution in [2.24, 2.45) is 0 Å². The van der Waals surface area contributed by atoms with Crippen molar-refractivity contribution in [2.45, 2.75) is 19.1 Å². The molecule has 0 heterocycles. The third-order valence-electron chi connectivity index (χ3n) is 4.08. The van der Waals surface area contributed by atoms with Gasteiger partial charge in [-0.25, -0.2) is 4.79 Å². The molecule has 6 heteroatoms. The average molecular weight is 343 g/mol. The van der Waals surface area contributed by atoms with Crippen LogP contribution in [0.3, 0.4) is 0 Å². The third kappa shape index (κ3) is 4.16. The van der Waals surface area contributed by atoms with Crippen molar-refractivity contribution in [3.05, 3.63) is 54.1 Å². The Kier molecular flexibility index (Phi) is 5.77.